The van der Waals surface area contributed by atoms with E-state index < -0.39 is 0 Å². The molecule has 0 atom stereocenters. The number of hydrogen-bond donors (Lipinski definition) is 0. The maximum absolute atomic E-state index is 11.1. The average molecular weight is 310 g/mol. The number of rotatable bonds is 13. The van der Waals surface area contributed by atoms with Crippen molar-refractivity contribution in [3.63, 3.8) is 0 Å². The van der Waals surface area contributed by atoms with E-state index >= 15 is 0 Å². The van der Waals surface area contributed by atoms with Crippen molar-refractivity contribution in [2.75, 3.05) is 13.2 Å². The van der Waals surface area contributed by atoms with E-state index in [1.54, 1.807) is 13.8 Å². The molecule has 0 fully saturated rings. The van der Waals surface area contributed by atoms with Crippen LogP contribution in [0.1, 0.15) is 65.2 Å². The van der Waals surface area contributed by atoms with Crippen LogP contribution in [0.25, 0.3) is 0 Å². The summed E-state index contributed by atoms with van der Waals surface area (Å²) in [7, 11) is 0. The van der Waals surface area contributed by atoms with Crippen LogP contribution in [0, 0.1) is 0 Å². The van der Waals surface area contributed by atoms with Gasteiger partial charge in [-0.2, -0.15) is 0 Å². The Balaban J connectivity index is 3.21. The topological polar surface area (TPSA) is 52.6 Å². The molecule has 126 valence electrons. The highest BCUT2D eigenvalue weighted by Crippen LogP contribution is 2.09. The fourth-order valence-corrected chi connectivity index (χ4v) is 1.84. The van der Waals surface area contributed by atoms with Gasteiger partial charge in [0.1, 0.15) is 0 Å². The minimum Gasteiger partial charge on any atom is -0.462 e. The zero-order chi connectivity index (χ0) is 16.8. The van der Waals surface area contributed by atoms with Gasteiger partial charge >= 0.3 is 11.9 Å². The monoisotopic (exact) mass is 310 g/mol. The molecule has 0 saturated carbocycles. The van der Waals surface area contributed by atoms with Crippen LogP contribution in [0.4, 0.5) is 0 Å². The molecule has 0 aliphatic carbocycles. The number of carbonyl (C=O) groups excluding carboxylic acids is 2. The molecule has 0 aromatic carbocycles. The van der Waals surface area contributed by atoms with E-state index in [9.17, 15) is 9.59 Å². The highest BCUT2D eigenvalue weighted by atomic mass is 16.5. The van der Waals surface area contributed by atoms with Crippen molar-refractivity contribution in [1.29, 1.82) is 0 Å². The lowest BCUT2D eigenvalue weighted by Crippen LogP contribution is -2.06. The molecule has 22 heavy (non-hydrogen) atoms. The molecule has 0 N–H and O–H groups in total. The Morgan fingerprint density at radius 3 is 1.18 bits per heavy atom. The van der Waals surface area contributed by atoms with Crippen LogP contribution < -0.4 is 0 Å². The van der Waals surface area contributed by atoms with Gasteiger partial charge in [-0.15, -0.1) is 0 Å². The van der Waals surface area contributed by atoms with Crippen molar-refractivity contribution in [3.8, 4) is 0 Å². The zero-order valence-corrected chi connectivity index (χ0v) is 14.1. The second kappa shape index (κ2) is 13.1. The molecule has 0 heterocycles. The Bertz CT molecular complexity index is 335. The molecule has 0 unspecified atom stereocenters. The van der Waals surface area contributed by atoms with E-state index in [4.69, 9.17) is 9.47 Å². The van der Waals surface area contributed by atoms with Crippen LogP contribution in [0.15, 0.2) is 24.3 Å². The number of ether oxygens (including phenoxy) is 2. The zero-order valence-electron chi connectivity index (χ0n) is 14.1. The molecule has 0 bridgehead atoms. The quantitative estimate of drug-likeness (QED) is 0.288. The lowest BCUT2D eigenvalue weighted by Gasteiger charge is -2.05. The van der Waals surface area contributed by atoms with E-state index in [2.05, 4.69) is 13.2 Å². The number of esters is 2. The van der Waals surface area contributed by atoms with E-state index in [1.807, 2.05) is 0 Å². The van der Waals surface area contributed by atoms with Gasteiger partial charge in [0, 0.05) is 11.1 Å². The average Bonchev–Trinajstić information content (AvgIpc) is 2.47. The second-order valence-electron chi connectivity index (χ2n) is 5.66. The van der Waals surface area contributed by atoms with E-state index in [0.717, 1.165) is 38.5 Å². The van der Waals surface area contributed by atoms with E-state index in [-0.39, 0.29) is 11.9 Å². The first-order valence-electron chi connectivity index (χ1n) is 8.10. The summed E-state index contributed by atoms with van der Waals surface area (Å²) >= 11 is 0. The molecule has 4 nitrogen and oxygen atoms in total. The third-order valence-electron chi connectivity index (χ3n) is 3.20. The number of hydrogen-bond acceptors (Lipinski definition) is 4. The van der Waals surface area contributed by atoms with Crippen molar-refractivity contribution in [2.24, 2.45) is 0 Å². The molecular formula is C18H30O4. The molecule has 0 spiro atoms. The molecule has 0 aromatic rings. The largest absolute Gasteiger partial charge is 0.462 e. The van der Waals surface area contributed by atoms with E-state index in [1.165, 1.54) is 12.8 Å². The first-order valence-corrected chi connectivity index (χ1v) is 8.10. The Morgan fingerprint density at radius 1 is 0.636 bits per heavy atom. The minimum absolute atomic E-state index is 0.299. The van der Waals surface area contributed by atoms with Crippen molar-refractivity contribution < 1.29 is 19.1 Å². The lowest BCUT2D eigenvalue weighted by atomic mass is 10.1. The normalized spacial score (nSPS) is 10.1. The number of carbonyl (C=O) groups is 2. The third kappa shape index (κ3) is 12.2. The van der Waals surface area contributed by atoms with Gasteiger partial charge in [-0.3, -0.25) is 0 Å². The molecule has 0 rings (SSSR count). The summed E-state index contributed by atoms with van der Waals surface area (Å²) in [6.45, 7) is 11.4. The van der Waals surface area contributed by atoms with Gasteiger partial charge in [-0.25, -0.2) is 9.59 Å². The van der Waals surface area contributed by atoms with Crippen LogP contribution in [0.3, 0.4) is 0 Å². The molecule has 0 aromatic heterocycles. The van der Waals surface area contributed by atoms with Crippen LogP contribution in [0.5, 0.6) is 0 Å². The lowest BCUT2D eigenvalue weighted by molar-refractivity contribution is -0.139. The summed E-state index contributed by atoms with van der Waals surface area (Å²) in [4.78, 5) is 22.2. The highest BCUT2D eigenvalue weighted by molar-refractivity contribution is 5.87. The van der Waals surface area contributed by atoms with Gasteiger partial charge in [0.15, 0.2) is 0 Å². The van der Waals surface area contributed by atoms with E-state index in [0.29, 0.717) is 24.4 Å². The van der Waals surface area contributed by atoms with Gasteiger partial charge in [0.2, 0.25) is 0 Å². The Labute approximate surface area is 134 Å². The standard InChI is InChI=1S/C18H30O4/c1-15(2)17(19)21-13-11-9-7-5-6-8-10-12-14-22-18(20)16(3)4/h1,3,5-14H2,2,4H3. The summed E-state index contributed by atoms with van der Waals surface area (Å²) in [5, 5.41) is 0. The van der Waals surface area contributed by atoms with Gasteiger partial charge in [-0.05, 0) is 26.7 Å². The Kier molecular flexibility index (Phi) is 12.2. The van der Waals surface area contributed by atoms with Crippen LogP contribution in [0.2, 0.25) is 0 Å². The summed E-state index contributed by atoms with van der Waals surface area (Å²) in [5.74, 6) is -0.598. The highest BCUT2D eigenvalue weighted by Gasteiger charge is 2.02. The van der Waals surface area contributed by atoms with Gasteiger partial charge < -0.3 is 9.47 Å². The second-order valence-corrected chi connectivity index (χ2v) is 5.66. The summed E-state index contributed by atoms with van der Waals surface area (Å²) in [6, 6.07) is 0. The van der Waals surface area contributed by atoms with Crippen LogP contribution >= 0.6 is 0 Å². The predicted octanol–water partition coefficient (Wildman–Crippen LogP) is 4.35. The summed E-state index contributed by atoms with van der Waals surface area (Å²) in [6.07, 6.45) is 8.70. The first kappa shape index (κ1) is 20.4. The Morgan fingerprint density at radius 2 is 0.909 bits per heavy atom. The van der Waals surface area contributed by atoms with Gasteiger partial charge in [0.05, 0.1) is 13.2 Å². The SMILES string of the molecule is C=C(C)C(=O)OCCCCCCCCCCOC(=O)C(=C)C. The third-order valence-corrected chi connectivity index (χ3v) is 3.20. The fraction of sp³-hybridized carbons (Fsp3) is 0.667. The smallest absolute Gasteiger partial charge is 0.333 e. The summed E-state index contributed by atoms with van der Waals surface area (Å²) < 4.78 is 10.1. The summed E-state index contributed by atoms with van der Waals surface area (Å²) in [5.41, 5.74) is 0.905. The Hall–Kier alpha value is -1.58. The van der Waals surface area contributed by atoms with Crippen molar-refractivity contribution in [2.45, 2.75) is 65.2 Å². The van der Waals surface area contributed by atoms with Crippen molar-refractivity contribution in [1.82, 2.24) is 0 Å². The van der Waals surface area contributed by atoms with Crippen molar-refractivity contribution in [3.05, 3.63) is 24.3 Å². The molecule has 0 saturated heterocycles. The van der Waals surface area contributed by atoms with Crippen molar-refractivity contribution >= 4 is 11.9 Å². The maximum Gasteiger partial charge on any atom is 0.333 e. The molecule has 0 aliphatic rings. The van der Waals surface area contributed by atoms with Crippen LogP contribution in [-0.4, -0.2) is 25.2 Å². The molecule has 0 radical (unpaired) electrons. The predicted molar refractivity (Wildman–Crippen MR) is 88.5 cm³/mol. The first-order chi connectivity index (χ1) is 10.4. The van der Waals surface area contributed by atoms with Gasteiger partial charge in [0.25, 0.3) is 0 Å². The molecule has 0 aliphatic heterocycles. The van der Waals surface area contributed by atoms with Gasteiger partial charge in [-0.1, -0.05) is 51.7 Å². The molecule has 4 heteroatoms. The minimum atomic E-state index is -0.299. The van der Waals surface area contributed by atoms with Crippen LogP contribution in [-0.2, 0) is 19.1 Å². The molecular weight excluding hydrogens is 280 g/mol. The fourth-order valence-electron chi connectivity index (χ4n) is 1.84. The maximum atomic E-state index is 11.1. The number of unbranched alkanes of at least 4 members (excludes halogenated alkanes) is 7. The molecule has 0 amide bonds.